The summed E-state index contributed by atoms with van der Waals surface area (Å²) in [6.45, 7) is 23.8. The number of anilines is 2. The van der Waals surface area contributed by atoms with Gasteiger partial charge in [0, 0.05) is 57.6 Å². The first kappa shape index (κ1) is 43.9. The van der Waals surface area contributed by atoms with Crippen molar-refractivity contribution < 1.29 is 28.5 Å². The average molecular weight is 808 g/mol. The van der Waals surface area contributed by atoms with Gasteiger partial charge in [-0.3, -0.25) is 4.79 Å². The number of esters is 2. The molecule has 0 bridgehead atoms. The fourth-order valence-corrected chi connectivity index (χ4v) is 7.70. The van der Waals surface area contributed by atoms with Crippen molar-refractivity contribution in [1.29, 1.82) is 0 Å². The van der Waals surface area contributed by atoms with Crippen molar-refractivity contribution in [1.82, 2.24) is 0 Å². The minimum Gasteiger partial charge on any atom is -0.465 e. The molecule has 6 rings (SSSR count). The lowest BCUT2D eigenvalue weighted by Crippen LogP contribution is -2.71. The molecular formula is C53H63N2O5+. The number of hydrogen-bond donors (Lipinski definition) is 2. The lowest BCUT2D eigenvalue weighted by molar-refractivity contribution is -0.404. The van der Waals surface area contributed by atoms with E-state index in [-0.39, 0.29) is 19.2 Å². The fourth-order valence-electron chi connectivity index (χ4n) is 7.70. The Balaban J connectivity index is 1.48. The normalized spacial score (nSPS) is 12.3. The van der Waals surface area contributed by atoms with Crippen LogP contribution in [0.25, 0.3) is 33.4 Å². The second-order valence-electron chi connectivity index (χ2n) is 17.8. The van der Waals surface area contributed by atoms with E-state index in [4.69, 9.17) is 13.9 Å². The van der Waals surface area contributed by atoms with Crippen molar-refractivity contribution in [2.45, 2.75) is 113 Å². The number of fused-ring (bicyclic) bond motifs is 2. The molecule has 2 aliphatic rings. The van der Waals surface area contributed by atoms with Crippen LogP contribution in [-0.4, -0.2) is 25.2 Å². The number of ether oxygens (including phenoxy) is 2. The highest BCUT2D eigenvalue weighted by molar-refractivity contribution is 6.08. The molecule has 0 radical (unpaired) electrons. The number of para-hydroxylation sites is 2. The van der Waals surface area contributed by atoms with Gasteiger partial charge < -0.3 is 19.2 Å². The summed E-state index contributed by atoms with van der Waals surface area (Å²) in [5.41, 5.74) is 11.2. The van der Waals surface area contributed by atoms with Gasteiger partial charge >= 0.3 is 11.9 Å². The molecule has 0 saturated carbocycles. The van der Waals surface area contributed by atoms with Gasteiger partial charge in [-0.25, -0.2) is 9.79 Å². The molecule has 4 aromatic carbocycles. The monoisotopic (exact) mass is 807 g/mol. The number of rotatable bonds is 15. The first-order chi connectivity index (χ1) is 28.6. The molecule has 0 saturated heterocycles. The van der Waals surface area contributed by atoms with E-state index in [0.717, 1.165) is 44.5 Å². The zero-order valence-corrected chi connectivity index (χ0v) is 37.4. The lowest BCUT2D eigenvalue weighted by atomic mass is 9.90. The number of benzene rings is 5. The van der Waals surface area contributed by atoms with E-state index >= 15 is 0 Å². The van der Waals surface area contributed by atoms with Crippen LogP contribution in [-0.2, 0) is 14.3 Å². The van der Waals surface area contributed by atoms with E-state index < -0.39 is 11.4 Å². The summed E-state index contributed by atoms with van der Waals surface area (Å²) in [6, 6.07) is 33.1. The second-order valence-corrected chi connectivity index (χ2v) is 17.8. The van der Waals surface area contributed by atoms with Crippen molar-refractivity contribution in [2.24, 2.45) is 5.41 Å². The maximum atomic E-state index is 13.9. The molecule has 0 atom stereocenters. The van der Waals surface area contributed by atoms with Crippen molar-refractivity contribution in [2.75, 3.05) is 18.5 Å². The van der Waals surface area contributed by atoms with Crippen molar-refractivity contribution in [3.63, 3.8) is 0 Å². The Hall–Kier alpha value is -5.69. The summed E-state index contributed by atoms with van der Waals surface area (Å²) in [5, 5.41) is 5.56. The summed E-state index contributed by atoms with van der Waals surface area (Å²) in [7, 11) is 0. The van der Waals surface area contributed by atoms with Crippen LogP contribution in [0.4, 0.5) is 17.1 Å². The SMILES string of the molecule is CCC(C)(C)C(=O)OCCCOC(=O)c1ccccc1-c1c2ccc(=[NH+]c3c(C(C)C)cccc3C(C)C)cc-2oc2cc(Nc3c(C(C)C)cccc3C(C)C)ccc12. The molecular weight excluding hydrogens is 745 g/mol. The highest BCUT2D eigenvalue weighted by Crippen LogP contribution is 2.43. The van der Waals surface area contributed by atoms with Gasteiger partial charge in [0.1, 0.15) is 11.3 Å². The summed E-state index contributed by atoms with van der Waals surface area (Å²) in [4.78, 5) is 30.2. The first-order valence-corrected chi connectivity index (χ1v) is 21.7. The molecule has 1 aliphatic heterocycles. The molecule has 1 heterocycles. The quantitative estimate of drug-likeness (QED) is 0.0610. The number of hydrogen-bond acceptors (Lipinski definition) is 6. The predicted molar refractivity (Wildman–Crippen MR) is 244 cm³/mol. The maximum Gasteiger partial charge on any atom is 0.338 e. The molecule has 0 unspecified atom stereocenters. The van der Waals surface area contributed by atoms with E-state index in [2.05, 4.69) is 138 Å². The van der Waals surface area contributed by atoms with Gasteiger partial charge in [0.25, 0.3) is 0 Å². The van der Waals surface area contributed by atoms with Gasteiger partial charge in [0.15, 0.2) is 0 Å². The predicted octanol–water partition coefficient (Wildman–Crippen LogP) is 12.3. The lowest BCUT2D eigenvalue weighted by Gasteiger charge is -2.22. The third kappa shape index (κ3) is 9.51. The van der Waals surface area contributed by atoms with Gasteiger partial charge in [-0.15, -0.1) is 0 Å². The maximum absolute atomic E-state index is 13.9. The number of nitrogens with one attached hydrogen (secondary N) is 2. The smallest absolute Gasteiger partial charge is 0.338 e. The molecule has 60 heavy (non-hydrogen) atoms. The van der Waals surface area contributed by atoms with Crippen molar-refractivity contribution in [3.05, 3.63) is 130 Å². The van der Waals surface area contributed by atoms with Crippen LogP contribution in [0.1, 0.15) is 145 Å². The standard InChI is InChI=1S/C53H62N2O5/c1-12-53(10,11)52(57)59-29-17-28-58-51(56)43-19-14-13-18-42(43)48-44-26-24-36(54-49-38(32(2)3)20-15-21-39(49)33(4)5)30-46(44)60-47-31-37(25-27-45(47)48)55-50-40(34(6)7)22-16-23-41(50)35(8)9/h13-16,18-27,30-35,54H,12,17,28-29H2,1-11H3/p+1. The highest BCUT2D eigenvalue weighted by Gasteiger charge is 2.27. The Labute approximate surface area is 356 Å². The largest absolute Gasteiger partial charge is 0.465 e. The van der Waals surface area contributed by atoms with Gasteiger partial charge in [0.2, 0.25) is 11.0 Å². The molecule has 4 aromatic rings. The molecule has 314 valence electrons. The van der Waals surface area contributed by atoms with Crippen LogP contribution in [0.2, 0.25) is 0 Å². The molecule has 0 amide bonds. The summed E-state index contributed by atoms with van der Waals surface area (Å²) < 4.78 is 18.2. The Bertz CT molecular complexity index is 2470. The summed E-state index contributed by atoms with van der Waals surface area (Å²) in [6.07, 6.45) is 1.08. The topological polar surface area (TPSA) is 91.7 Å². The molecule has 2 N–H and O–H groups in total. The van der Waals surface area contributed by atoms with E-state index in [0.29, 0.717) is 53.4 Å². The summed E-state index contributed by atoms with van der Waals surface area (Å²) in [5.74, 6) is 1.30. The van der Waals surface area contributed by atoms with Gasteiger partial charge in [0.05, 0.1) is 30.3 Å². The van der Waals surface area contributed by atoms with Crippen LogP contribution in [0.5, 0.6) is 0 Å². The van der Waals surface area contributed by atoms with E-state index in [1.54, 1.807) is 0 Å². The molecule has 7 nitrogen and oxygen atoms in total. The average Bonchev–Trinajstić information content (AvgIpc) is 3.22. The number of carbonyl (C=O) groups excluding carboxylic acids is 2. The molecule has 7 heteroatoms. The van der Waals surface area contributed by atoms with Crippen LogP contribution in [0.3, 0.4) is 0 Å². The second kappa shape index (κ2) is 18.7. The Morgan fingerprint density at radius 3 is 1.90 bits per heavy atom. The Morgan fingerprint density at radius 1 is 0.683 bits per heavy atom. The molecule has 1 aliphatic carbocycles. The van der Waals surface area contributed by atoms with E-state index in [1.807, 2.05) is 45.0 Å². The Morgan fingerprint density at radius 2 is 1.28 bits per heavy atom. The van der Waals surface area contributed by atoms with Crippen LogP contribution < -0.4 is 15.7 Å². The minimum absolute atomic E-state index is 0.120. The third-order valence-electron chi connectivity index (χ3n) is 11.6. The van der Waals surface area contributed by atoms with Gasteiger partial charge in [-0.05, 0) is 84.9 Å². The van der Waals surface area contributed by atoms with E-state index in [9.17, 15) is 9.59 Å². The van der Waals surface area contributed by atoms with Crippen LogP contribution in [0.15, 0.2) is 101 Å². The third-order valence-corrected chi connectivity index (χ3v) is 11.6. The highest BCUT2D eigenvalue weighted by atomic mass is 16.5. The van der Waals surface area contributed by atoms with Crippen LogP contribution >= 0.6 is 0 Å². The van der Waals surface area contributed by atoms with Crippen molar-refractivity contribution in [3.8, 4) is 22.5 Å². The first-order valence-electron chi connectivity index (χ1n) is 21.7. The molecule has 0 fully saturated rings. The minimum atomic E-state index is -0.554. The zero-order valence-electron chi connectivity index (χ0n) is 37.4. The number of carbonyl (C=O) groups is 2. The van der Waals surface area contributed by atoms with Gasteiger partial charge in [-0.1, -0.05) is 117 Å². The Kier molecular flexibility index (Phi) is 13.7. The van der Waals surface area contributed by atoms with Crippen LogP contribution in [0, 0.1) is 5.41 Å². The molecule has 0 aromatic heterocycles. The molecule has 0 spiro atoms. The fraction of sp³-hybridized carbons (Fsp3) is 0.377. The summed E-state index contributed by atoms with van der Waals surface area (Å²) >= 11 is 0. The van der Waals surface area contributed by atoms with Gasteiger partial charge in [-0.2, -0.15) is 0 Å². The van der Waals surface area contributed by atoms with Crippen molar-refractivity contribution >= 4 is 40.0 Å². The van der Waals surface area contributed by atoms with E-state index in [1.165, 1.54) is 22.3 Å². The zero-order chi connectivity index (χ0) is 43.3.